The van der Waals surface area contributed by atoms with Gasteiger partial charge in [0, 0.05) is 24.8 Å². The fraction of sp³-hybridized carbons (Fsp3) is 0.643. The third-order valence-electron chi connectivity index (χ3n) is 2.71. The highest BCUT2D eigenvalue weighted by Gasteiger charge is 2.30. The van der Waals surface area contributed by atoms with Crippen LogP contribution in [0.2, 0.25) is 0 Å². The van der Waals surface area contributed by atoms with Crippen LogP contribution in [-0.2, 0) is 6.54 Å². The summed E-state index contributed by atoms with van der Waals surface area (Å²) in [4.78, 5) is 5.26. The Morgan fingerprint density at radius 1 is 1.25 bits per heavy atom. The standard InChI is InChI=1S/C14H22F3N3/c1-5-20(10-14(15,16)17)12-8-11(6-7-18-12)9-19-13(2,3)4/h6-8,19H,5,9-10H2,1-4H3. The van der Waals surface area contributed by atoms with Crippen molar-refractivity contribution in [1.82, 2.24) is 10.3 Å². The fourth-order valence-electron chi connectivity index (χ4n) is 1.68. The van der Waals surface area contributed by atoms with E-state index >= 15 is 0 Å². The summed E-state index contributed by atoms with van der Waals surface area (Å²) in [6.07, 6.45) is -2.68. The van der Waals surface area contributed by atoms with Crippen molar-refractivity contribution in [3.63, 3.8) is 0 Å². The van der Waals surface area contributed by atoms with Crippen LogP contribution in [0, 0.1) is 0 Å². The quantitative estimate of drug-likeness (QED) is 0.901. The molecule has 0 aliphatic rings. The van der Waals surface area contributed by atoms with Crippen LogP contribution in [0.4, 0.5) is 19.0 Å². The van der Waals surface area contributed by atoms with Crippen molar-refractivity contribution >= 4 is 5.82 Å². The van der Waals surface area contributed by atoms with Crippen molar-refractivity contribution in [2.75, 3.05) is 18.0 Å². The molecule has 0 saturated carbocycles. The minimum atomic E-state index is -4.22. The molecule has 0 saturated heterocycles. The van der Waals surface area contributed by atoms with E-state index in [0.29, 0.717) is 12.4 Å². The van der Waals surface area contributed by atoms with Gasteiger partial charge >= 0.3 is 6.18 Å². The van der Waals surface area contributed by atoms with Crippen LogP contribution < -0.4 is 10.2 Å². The van der Waals surface area contributed by atoms with Crippen LogP contribution in [0.5, 0.6) is 0 Å². The van der Waals surface area contributed by atoms with Gasteiger partial charge in [-0.1, -0.05) is 0 Å². The van der Waals surface area contributed by atoms with Gasteiger partial charge in [-0.05, 0) is 45.4 Å². The zero-order chi connectivity index (χ0) is 15.4. The molecule has 1 heterocycles. The zero-order valence-corrected chi connectivity index (χ0v) is 12.4. The first kappa shape index (κ1) is 16.8. The van der Waals surface area contributed by atoms with E-state index in [1.165, 1.54) is 4.90 Å². The number of halogens is 3. The number of hydrogen-bond donors (Lipinski definition) is 1. The molecule has 3 nitrogen and oxygen atoms in total. The lowest BCUT2D eigenvalue weighted by Gasteiger charge is -2.24. The summed E-state index contributed by atoms with van der Waals surface area (Å²) in [5.74, 6) is 0.359. The van der Waals surface area contributed by atoms with Gasteiger partial charge in [-0.2, -0.15) is 13.2 Å². The van der Waals surface area contributed by atoms with E-state index in [4.69, 9.17) is 0 Å². The third kappa shape index (κ3) is 6.23. The van der Waals surface area contributed by atoms with Crippen molar-refractivity contribution in [3.05, 3.63) is 23.9 Å². The largest absolute Gasteiger partial charge is 0.405 e. The summed E-state index contributed by atoms with van der Waals surface area (Å²) in [7, 11) is 0. The molecule has 1 aromatic heterocycles. The molecule has 0 aromatic carbocycles. The van der Waals surface area contributed by atoms with E-state index < -0.39 is 12.7 Å². The molecule has 0 aliphatic heterocycles. The predicted octanol–water partition coefficient (Wildman–Crippen LogP) is 3.36. The molecule has 1 N–H and O–H groups in total. The fourth-order valence-corrected chi connectivity index (χ4v) is 1.68. The SMILES string of the molecule is CCN(CC(F)(F)F)c1cc(CNC(C)(C)C)ccn1. The highest BCUT2D eigenvalue weighted by Crippen LogP contribution is 2.21. The van der Waals surface area contributed by atoms with Crippen molar-refractivity contribution in [1.29, 1.82) is 0 Å². The van der Waals surface area contributed by atoms with Gasteiger partial charge < -0.3 is 10.2 Å². The first-order chi connectivity index (χ1) is 9.11. The maximum absolute atomic E-state index is 12.5. The minimum absolute atomic E-state index is 0.0418. The van der Waals surface area contributed by atoms with Gasteiger partial charge in [-0.25, -0.2) is 4.98 Å². The van der Waals surface area contributed by atoms with Crippen LogP contribution in [0.1, 0.15) is 33.3 Å². The first-order valence-corrected chi connectivity index (χ1v) is 6.62. The van der Waals surface area contributed by atoms with E-state index in [2.05, 4.69) is 10.3 Å². The Kier molecular flexibility index (Phi) is 5.39. The van der Waals surface area contributed by atoms with Crippen LogP contribution in [0.25, 0.3) is 0 Å². The molecule has 0 aliphatic carbocycles. The van der Waals surface area contributed by atoms with Gasteiger partial charge in [-0.3, -0.25) is 0 Å². The highest BCUT2D eigenvalue weighted by molar-refractivity contribution is 5.41. The Morgan fingerprint density at radius 2 is 1.90 bits per heavy atom. The van der Waals surface area contributed by atoms with E-state index in [1.807, 2.05) is 26.8 Å². The maximum Gasteiger partial charge on any atom is 0.405 e. The van der Waals surface area contributed by atoms with Crippen molar-refractivity contribution < 1.29 is 13.2 Å². The van der Waals surface area contributed by atoms with Crippen LogP contribution >= 0.6 is 0 Å². The Labute approximate surface area is 118 Å². The van der Waals surface area contributed by atoms with Crippen LogP contribution in [0.3, 0.4) is 0 Å². The lowest BCUT2D eigenvalue weighted by Crippen LogP contribution is -2.36. The molecular weight excluding hydrogens is 267 g/mol. The van der Waals surface area contributed by atoms with E-state index in [-0.39, 0.29) is 12.1 Å². The normalized spacial score (nSPS) is 12.6. The number of rotatable bonds is 5. The second-order valence-electron chi connectivity index (χ2n) is 5.76. The van der Waals surface area contributed by atoms with Crippen molar-refractivity contribution in [3.8, 4) is 0 Å². The molecule has 0 atom stereocenters. The molecule has 0 amide bonds. The second kappa shape index (κ2) is 6.43. The average molecular weight is 289 g/mol. The van der Waals surface area contributed by atoms with E-state index in [0.717, 1.165) is 5.56 Å². The number of aromatic nitrogens is 1. The highest BCUT2D eigenvalue weighted by atomic mass is 19.4. The number of pyridine rings is 1. The average Bonchev–Trinajstić information content (AvgIpc) is 2.32. The number of hydrogen-bond acceptors (Lipinski definition) is 3. The second-order valence-corrected chi connectivity index (χ2v) is 5.76. The van der Waals surface area contributed by atoms with Crippen LogP contribution in [0.15, 0.2) is 18.3 Å². The molecule has 0 radical (unpaired) electrons. The third-order valence-corrected chi connectivity index (χ3v) is 2.71. The Morgan fingerprint density at radius 3 is 2.40 bits per heavy atom. The molecule has 20 heavy (non-hydrogen) atoms. The predicted molar refractivity (Wildman–Crippen MR) is 74.8 cm³/mol. The lowest BCUT2D eigenvalue weighted by atomic mass is 10.1. The summed E-state index contributed by atoms with van der Waals surface area (Å²) in [5.41, 5.74) is 0.880. The van der Waals surface area contributed by atoms with Gasteiger partial charge in [0.2, 0.25) is 0 Å². The topological polar surface area (TPSA) is 28.2 Å². The number of alkyl halides is 3. The van der Waals surface area contributed by atoms with Gasteiger partial charge in [-0.15, -0.1) is 0 Å². The Balaban J connectivity index is 2.80. The van der Waals surface area contributed by atoms with E-state index in [1.54, 1.807) is 19.2 Å². The van der Waals surface area contributed by atoms with Crippen molar-refractivity contribution in [2.24, 2.45) is 0 Å². The smallest absolute Gasteiger partial charge is 0.348 e. The summed E-state index contributed by atoms with van der Waals surface area (Å²) >= 11 is 0. The monoisotopic (exact) mass is 289 g/mol. The van der Waals surface area contributed by atoms with Gasteiger partial charge in [0.15, 0.2) is 0 Å². The summed E-state index contributed by atoms with van der Waals surface area (Å²) in [5, 5.41) is 3.30. The van der Waals surface area contributed by atoms with Crippen molar-refractivity contribution in [2.45, 2.75) is 46.0 Å². The Bertz CT molecular complexity index is 424. The molecular formula is C14H22F3N3. The Hall–Kier alpha value is -1.30. The number of nitrogens with zero attached hydrogens (tertiary/aromatic N) is 2. The first-order valence-electron chi connectivity index (χ1n) is 6.62. The summed E-state index contributed by atoms with van der Waals surface area (Å²) < 4.78 is 37.5. The van der Waals surface area contributed by atoms with Gasteiger partial charge in [0.05, 0.1) is 0 Å². The van der Waals surface area contributed by atoms with Gasteiger partial charge in [0.1, 0.15) is 12.4 Å². The number of nitrogens with one attached hydrogen (secondary N) is 1. The maximum atomic E-state index is 12.5. The van der Waals surface area contributed by atoms with Gasteiger partial charge in [0.25, 0.3) is 0 Å². The lowest BCUT2D eigenvalue weighted by molar-refractivity contribution is -0.119. The molecule has 1 aromatic rings. The number of anilines is 1. The summed E-state index contributed by atoms with van der Waals surface area (Å²) in [6, 6.07) is 3.51. The van der Waals surface area contributed by atoms with Crippen LogP contribution in [-0.4, -0.2) is 29.8 Å². The minimum Gasteiger partial charge on any atom is -0.348 e. The molecule has 1 rings (SSSR count). The molecule has 0 fully saturated rings. The molecule has 114 valence electrons. The molecule has 0 unspecified atom stereocenters. The molecule has 0 bridgehead atoms. The summed E-state index contributed by atoms with van der Waals surface area (Å²) in [6.45, 7) is 7.69. The molecule has 6 heteroatoms. The zero-order valence-electron chi connectivity index (χ0n) is 12.4. The van der Waals surface area contributed by atoms with E-state index in [9.17, 15) is 13.2 Å². The molecule has 0 spiro atoms.